The smallest absolute Gasteiger partial charge is 0.224 e. The number of nitrogens with one attached hydrogen (secondary N) is 2. The number of aromatic nitrogens is 1. The number of carbonyl (C=O) groups is 1. The summed E-state index contributed by atoms with van der Waals surface area (Å²) in [6.45, 7) is 2.02. The van der Waals surface area contributed by atoms with Crippen molar-refractivity contribution in [3.05, 3.63) is 69.5 Å². The highest BCUT2D eigenvalue weighted by atomic mass is 32.2. The van der Waals surface area contributed by atoms with Crippen molar-refractivity contribution in [3.63, 3.8) is 0 Å². The maximum absolute atomic E-state index is 13.9. The van der Waals surface area contributed by atoms with Gasteiger partial charge in [0.05, 0.1) is 18.2 Å². The molecule has 1 atom stereocenters. The fourth-order valence-corrected chi connectivity index (χ4v) is 4.51. The predicted molar refractivity (Wildman–Crippen MR) is 118 cm³/mol. The quantitative estimate of drug-likeness (QED) is 0.505. The number of thiol groups is 1. The minimum absolute atomic E-state index is 0.0259. The summed E-state index contributed by atoms with van der Waals surface area (Å²) in [4.78, 5) is 17.3. The van der Waals surface area contributed by atoms with Gasteiger partial charge in [0, 0.05) is 11.1 Å². The van der Waals surface area contributed by atoms with E-state index in [1.54, 1.807) is 18.2 Å². The zero-order chi connectivity index (χ0) is 21.5. The number of hydrogen-bond acceptors (Lipinski definition) is 5. The Morgan fingerprint density at radius 3 is 2.70 bits per heavy atom. The average Bonchev–Trinajstić information content (AvgIpc) is 3.19. The molecule has 0 saturated carbocycles. The lowest BCUT2D eigenvalue weighted by Crippen LogP contribution is -2.30. The van der Waals surface area contributed by atoms with E-state index in [9.17, 15) is 17.6 Å². The fraction of sp³-hybridized carbons (Fsp3) is 0.333. The second-order valence-electron chi connectivity index (χ2n) is 6.99. The molecule has 1 aromatic carbocycles. The topological polar surface area (TPSA) is 88.2 Å². The molecule has 9 heteroatoms. The second kappa shape index (κ2) is 10.5. The maximum Gasteiger partial charge on any atom is 0.224 e. The average molecular weight is 450 g/mol. The molecule has 0 aliphatic heterocycles. The molecule has 1 heterocycles. The lowest BCUT2D eigenvalue weighted by atomic mass is 10.00. The van der Waals surface area contributed by atoms with Gasteiger partial charge in [-0.1, -0.05) is 25.1 Å². The van der Waals surface area contributed by atoms with E-state index in [2.05, 4.69) is 15.0 Å². The minimum Gasteiger partial charge on any atom is -0.346 e. The lowest BCUT2D eigenvalue weighted by Gasteiger charge is -2.18. The highest BCUT2D eigenvalue weighted by molar-refractivity contribution is 7.73. The van der Waals surface area contributed by atoms with Crippen molar-refractivity contribution in [2.75, 3.05) is 4.72 Å². The van der Waals surface area contributed by atoms with Gasteiger partial charge in [0.1, 0.15) is 10.8 Å². The van der Waals surface area contributed by atoms with E-state index in [-0.39, 0.29) is 24.2 Å². The third-order valence-electron chi connectivity index (χ3n) is 4.77. The van der Waals surface area contributed by atoms with Gasteiger partial charge in [0.2, 0.25) is 16.8 Å². The molecule has 0 radical (unpaired) electrons. The largest absolute Gasteiger partial charge is 0.346 e. The zero-order valence-electron chi connectivity index (χ0n) is 16.6. The lowest BCUT2D eigenvalue weighted by molar-refractivity contribution is -0.121. The fourth-order valence-electron chi connectivity index (χ4n) is 3.20. The van der Waals surface area contributed by atoms with E-state index in [0.29, 0.717) is 24.1 Å². The Balaban J connectivity index is 1.75. The highest BCUT2D eigenvalue weighted by Crippen LogP contribution is 2.26. The summed E-state index contributed by atoms with van der Waals surface area (Å²) in [5, 5.41) is 5.77. The van der Waals surface area contributed by atoms with E-state index >= 15 is 0 Å². The summed E-state index contributed by atoms with van der Waals surface area (Å²) in [5.41, 5.74) is 2.88. The van der Waals surface area contributed by atoms with Crippen LogP contribution in [0.3, 0.4) is 0 Å². The molecule has 0 saturated heterocycles. The van der Waals surface area contributed by atoms with Gasteiger partial charge in [-0.05, 0) is 55.0 Å². The van der Waals surface area contributed by atoms with Crippen LogP contribution in [0.2, 0.25) is 0 Å². The number of allylic oxidation sites excluding steroid dienone is 3. The van der Waals surface area contributed by atoms with Gasteiger partial charge in [-0.3, -0.25) is 9.52 Å². The summed E-state index contributed by atoms with van der Waals surface area (Å²) in [5.74, 6) is -0.564. The Morgan fingerprint density at radius 1 is 1.30 bits per heavy atom. The monoisotopic (exact) mass is 449 g/mol. The SMILES string of the molecule is CCc1csc([C@H](Cc2ccc(N[SH](=O)=O)cc2)NC(=O)CC2=C(F)C=CCC2)n1. The zero-order valence-corrected chi connectivity index (χ0v) is 18.3. The number of halogens is 1. The molecule has 0 spiro atoms. The summed E-state index contributed by atoms with van der Waals surface area (Å²) in [6, 6.07) is 6.62. The molecule has 2 N–H and O–H groups in total. The minimum atomic E-state index is -2.72. The van der Waals surface area contributed by atoms with Gasteiger partial charge in [-0.15, -0.1) is 11.3 Å². The molecule has 2 aromatic rings. The van der Waals surface area contributed by atoms with E-state index in [0.717, 1.165) is 29.1 Å². The Labute approximate surface area is 181 Å². The first-order chi connectivity index (χ1) is 14.4. The number of benzene rings is 1. The van der Waals surface area contributed by atoms with Crippen LogP contribution in [0, 0.1) is 0 Å². The number of anilines is 1. The van der Waals surface area contributed by atoms with Crippen molar-refractivity contribution < 1.29 is 17.6 Å². The number of aryl methyl sites for hydroxylation is 1. The molecule has 3 rings (SSSR count). The third-order valence-corrected chi connectivity index (χ3v) is 6.22. The number of nitrogens with zero attached hydrogens (tertiary/aromatic N) is 1. The second-order valence-corrected chi connectivity index (χ2v) is 8.62. The molecule has 1 aliphatic carbocycles. The molecule has 1 amide bonds. The van der Waals surface area contributed by atoms with Crippen LogP contribution in [0.4, 0.5) is 10.1 Å². The Kier molecular flexibility index (Phi) is 7.75. The van der Waals surface area contributed by atoms with Crippen LogP contribution in [0.25, 0.3) is 0 Å². The maximum atomic E-state index is 13.9. The van der Waals surface area contributed by atoms with Gasteiger partial charge < -0.3 is 5.32 Å². The first-order valence-electron chi connectivity index (χ1n) is 9.72. The van der Waals surface area contributed by atoms with Crippen LogP contribution in [0.15, 0.2) is 53.2 Å². The van der Waals surface area contributed by atoms with Crippen LogP contribution in [-0.4, -0.2) is 19.3 Å². The van der Waals surface area contributed by atoms with Crippen molar-refractivity contribution in [2.24, 2.45) is 0 Å². The highest BCUT2D eigenvalue weighted by Gasteiger charge is 2.21. The van der Waals surface area contributed by atoms with E-state index < -0.39 is 10.9 Å². The predicted octanol–water partition coefficient (Wildman–Crippen LogP) is 4.01. The molecular weight excluding hydrogens is 425 g/mol. The van der Waals surface area contributed by atoms with Gasteiger partial charge in [-0.25, -0.2) is 17.8 Å². The van der Waals surface area contributed by atoms with Crippen molar-refractivity contribution in [1.82, 2.24) is 10.3 Å². The third kappa shape index (κ3) is 6.24. The van der Waals surface area contributed by atoms with Crippen molar-refractivity contribution in [2.45, 2.75) is 45.1 Å². The normalized spacial score (nSPS) is 14.8. The van der Waals surface area contributed by atoms with Crippen molar-refractivity contribution >= 4 is 33.8 Å². The van der Waals surface area contributed by atoms with Gasteiger partial charge in [-0.2, -0.15) is 0 Å². The molecule has 1 aromatic heterocycles. The Bertz CT molecular complexity index is 1020. The molecule has 0 unspecified atom stereocenters. The van der Waals surface area contributed by atoms with E-state index in [1.165, 1.54) is 17.4 Å². The van der Waals surface area contributed by atoms with Crippen LogP contribution in [0.1, 0.15) is 48.5 Å². The number of amides is 1. The number of thiazole rings is 1. The molecule has 0 fully saturated rings. The van der Waals surface area contributed by atoms with Crippen molar-refractivity contribution in [1.29, 1.82) is 0 Å². The Hall–Kier alpha value is -2.52. The molecule has 6 nitrogen and oxygen atoms in total. The molecule has 30 heavy (non-hydrogen) atoms. The van der Waals surface area contributed by atoms with Crippen LogP contribution < -0.4 is 10.0 Å². The van der Waals surface area contributed by atoms with E-state index in [4.69, 9.17) is 0 Å². The molecule has 1 aliphatic rings. The Morgan fingerprint density at radius 2 is 2.07 bits per heavy atom. The summed E-state index contributed by atoms with van der Waals surface area (Å²) in [7, 11) is -2.72. The summed E-state index contributed by atoms with van der Waals surface area (Å²) < 4.78 is 37.9. The van der Waals surface area contributed by atoms with Crippen molar-refractivity contribution in [3.8, 4) is 0 Å². The molecule has 0 bridgehead atoms. The number of hydrogen-bond donors (Lipinski definition) is 3. The summed E-state index contributed by atoms with van der Waals surface area (Å²) in [6.07, 6.45) is 5.79. The number of carbonyl (C=O) groups excluding carboxylic acids is 1. The molecule has 160 valence electrons. The number of rotatable bonds is 9. The standard InChI is InChI=1S/C21H24FN3O3S2/c1-2-16-13-29-21(23-16)19(11-14-7-9-17(10-8-14)25-30(27)28)24-20(26)12-15-5-3-4-6-18(15)22/h4,6-10,13,19,30H,2-3,5,11-12H2,1H3,(H,24,26)(H,25,27,28)/t19-/m0/s1. The first-order valence-corrected chi connectivity index (χ1v) is 11.8. The first kappa shape index (κ1) is 22.2. The van der Waals surface area contributed by atoms with E-state index in [1.807, 2.05) is 24.4 Å². The van der Waals surface area contributed by atoms with Gasteiger partial charge in [0.25, 0.3) is 0 Å². The van der Waals surface area contributed by atoms with Crippen LogP contribution >= 0.6 is 11.3 Å². The van der Waals surface area contributed by atoms with Gasteiger partial charge >= 0.3 is 0 Å². The molecular formula is C21H24FN3O3S2. The summed E-state index contributed by atoms with van der Waals surface area (Å²) >= 11 is 1.49. The van der Waals surface area contributed by atoms with Crippen LogP contribution in [0.5, 0.6) is 0 Å². The van der Waals surface area contributed by atoms with Gasteiger partial charge in [0.15, 0.2) is 0 Å². The van der Waals surface area contributed by atoms with Crippen LogP contribution in [-0.2, 0) is 28.5 Å².